The van der Waals surface area contributed by atoms with E-state index in [1.165, 1.54) is 6.07 Å². The molecule has 2 fully saturated rings. The minimum absolute atomic E-state index is 0. The Bertz CT molecular complexity index is 957. The minimum Gasteiger partial charge on any atom is -0.543 e. The molecule has 2 aromatic heterocycles. The number of piperidine rings is 1. The largest absolute Gasteiger partial charge is 1.00 e. The van der Waals surface area contributed by atoms with Gasteiger partial charge < -0.3 is 25.1 Å². The van der Waals surface area contributed by atoms with Crippen molar-refractivity contribution in [3.8, 4) is 0 Å². The molecule has 3 atom stereocenters. The van der Waals surface area contributed by atoms with Crippen molar-refractivity contribution in [2.24, 2.45) is 11.8 Å². The summed E-state index contributed by atoms with van der Waals surface area (Å²) in [5.74, 6) is -0.808. The van der Waals surface area contributed by atoms with Crippen molar-refractivity contribution < 1.29 is 33.6 Å². The summed E-state index contributed by atoms with van der Waals surface area (Å²) in [6.45, 7) is 2.98. The summed E-state index contributed by atoms with van der Waals surface area (Å²) in [7, 11) is 0. The van der Waals surface area contributed by atoms with Crippen molar-refractivity contribution in [2.45, 2.75) is 13.0 Å². The zero-order valence-electron chi connectivity index (χ0n) is 14.9. The van der Waals surface area contributed by atoms with E-state index in [0.717, 1.165) is 0 Å². The van der Waals surface area contributed by atoms with E-state index in [2.05, 4.69) is 20.3 Å². The number of carbonyl (C=O) groups is 2. The van der Waals surface area contributed by atoms with E-state index >= 15 is 0 Å². The van der Waals surface area contributed by atoms with E-state index in [0.29, 0.717) is 29.6 Å². The summed E-state index contributed by atoms with van der Waals surface area (Å²) < 4.78 is 0. The number of aryl methyl sites for hydroxylation is 1. The van der Waals surface area contributed by atoms with Crippen LogP contribution in [0.25, 0.3) is 0 Å². The molecule has 12 heteroatoms. The number of carbonyl (C=O) groups excluding carboxylic acids is 2. The molecule has 2 N–H and O–H groups in total. The van der Waals surface area contributed by atoms with Crippen molar-refractivity contribution in [1.82, 2.24) is 20.3 Å². The van der Waals surface area contributed by atoms with E-state index in [9.17, 15) is 14.7 Å². The van der Waals surface area contributed by atoms with Gasteiger partial charge in [-0.3, -0.25) is 4.79 Å². The van der Waals surface area contributed by atoms with Crippen LogP contribution < -0.4 is 34.2 Å². The molecule has 4 rings (SSSR count). The summed E-state index contributed by atoms with van der Waals surface area (Å²) in [6.07, 6.45) is 0. The second-order valence-electron chi connectivity index (χ2n) is 6.65. The van der Waals surface area contributed by atoms with Crippen molar-refractivity contribution in [3.05, 3.63) is 38.5 Å². The molecule has 0 spiro atoms. The standard InChI is InChI=1S/C16H14Cl3N5O3.Li/c1-5-10(17)11(18)13(20-5)14(25)23-12-6-3-24(4-7(6)12)9-2-8(15(26)27)21-16(19)22-9;/h2,6-7,12,20H,3-4H2,1H3,(H,23,25)(H,26,27);/q;+1/p-1/t6-,7+,12-;. The fourth-order valence-electron chi connectivity index (χ4n) is 3.55. The van der Waals surface area contributed by atoms with Gasteiger partial charge in [-0.25, -0.2) is 9.97 Å². The molecule has 1 amide bonds. The maximum atomic E-state index is 12.4. The molecule has 2 aromatic rings. The Hall–Kier alpha value is -1.43. The summed E-state index contributed by atoms with van der Waals surface area (Å²) in [5, 5.41) is 14.4. The fourth-order valence-corrected chi connectivity index (χ4v) is 4.15. The zero-order chi connectivity index (χ0) is 19.5. The molecular weight excluding hydrogens is 424 g/mol. The molecule has 0 bridgehead atoms. The summed E-state index contributed by atoms with van der Waals surface area (Å²) in [4.78, 5) is 35.9. The van der Waals surface area contributed by atoms with Gasteiger partial charge in [-0.05, 0) is 18.5 Å². The Morgan fingerprint density at radius 2 is 1.86 bits per heavy atom. The molecule has 2 aliphatic rings. The average Bonchev–Trinajstić information content (AvgIpc) is 2.95. The van der Waals surface area contributed by atoms with Crippen LogP contribution in [0.4, 0.5) is 5.82 Å². The summed E-state index contributed by atoms with van der Waals surface area (Å²) in [6, 6.07) is 1.35. The predicted octanol–water partition coefficient (Wildman–Crippen LogP) is -1.69. The maximum absolute atomic E-state index is 12.4. The number of halogens is 3. The second-order valence-corrected chi connectivity index (χ2v) is 7.75. The predicted molar refractivity (Wildman–Crippen MR) is 97.4 cm³/mol. The molecule has 3 heterocycles. The van der Waals surface area contributed by atoms with Crippen LogP contribution >= 0.6 is 34.8 Å². The number of nitrogens with zero attached hydrogens (tertiary/aromatic N) is 3. The second kappa shape index (κ2) is 7.77. The number of aromatic carboxylic acids is 1. The van der Waals surface area contributed by atoms with Crippen molar-refractivity contribution in [1.29, 1.82) is 0 Å². The van der Waals surface area contributed by atoms with E-state index in [1.807, 2.05) is 4.90 Å². The number of amides is 1. The Labute approximate surface area is 187 Å². The van der Waals surface area contributed by atoms with E-state index in [4.69, 9.17) is 34.8 Å². The van der Waals surface area contributed by atoms with Crippen LogP contribution in [0.3, 0.4) is 0 Å². The van der Waals surface area contributed by atoms with Gasteiger partial charge in [0, 0.05) is 42.7 Å². The number of hydrogen-bond acceptors (Lipinski definition) is 6. The van der Waals surface area contributed by atoms with Gasteiger partial charge in [0.15, 0.2) is 0 Å². The van der Waals surface area contributed by atoms with Crippen LogP contribution in [0.1, 0.15) is 26.7 Å². The minimum atomic E-state index is -1.41. The Morgan fingerprint density at radius 1 is 1.21 bits per heavy atom. The third-order valence-electron chi connectivity index (χ3n) is 4.99. The first-order valence-electron chi connectivity index (χ1n) is 8.11. The van der Waals surface area contributed by atoms with Gasteiger partial charge in [-0.2, -0.15) is 0 Å². The summed E-state index contributed by atoms with van der Waals surface area (Å²) in [5.41, 5.74) is 0.629. The van der Waals surface area contributed by atoms with Crippen LogP contribution in [0, 0.1) is 18.8 Å². The van der Waals surface area contributed by atoms with E-state index < -0.39 is 5.97 Å². The van der Waals surface area contributed by atoms with Crippen molar-refractivity contribution in [3.63, 3.8) is 0 Å². The number of anilines is 1. The van der Waals surface area contributed by atoms with E-state index in [-0.39, 0.29) is 64.3 Å². The summed E-state index contributed by atoms with van der Waals surface area (Å²) >= 11 is 17.9. The van der Waals surface area contributed by atoms with Gasteiger partial charge in [0.25, 0.3) is 5.91 Å². The van der Waals surface area contributed by atoms with Gasteiger partial charge in [-0.15, -0.1) is 0 Å². The van der Waals surface area contributed by atoms with Crippen LogP contribution in [0.2, 0.25) is 15.3 Å². The molecule has 142 valence electrons. The van der Waals surface area contributed by atoms with Gasteiger partial charge in [-0.1, -0.05) is 23.2 Å². The van der Waals surface area contributed by atoms with Gasteiger partial charge >= 0.3 is 18.9 Å². The third kappa shape index (κ3) is 3.72. The SMILES string of the molecule is Cc1[nH]c(C(=O)N[C@@H]2[C@@H]3CN(c4cc(C(=O)[O-])nc(Cl)n4)C[C@@H]32)c(Cl)c1Cl.[Li+]. The molecule has 0 radical (unpaired) electrons. The van der Waals surface area contributed by atoms with Gasteiger partial charge in [0.05, 0.1) is 21.7 Å². The number of fused-ring (bicyclic) bond motifs is 1. The first-order chi connectivity index (χ1) is 12.8. The average molecular weight is 437 g/mol. The quantitative estimate of drug-likeness (QED) is 0.437. The molecule has 1 aliphatic heterocycles. The van der Waals surface area contributed by atoms with Crippen LogP contribution in [0.5, 0.6) is 0 Å². The molecule has 1 saturated heterocycles. The molecule has 0 unspecified atom stereocenters. The van der Waals surface area contributed by atoms with Crippen LogP contribution in [-0.4, -0.2) is 46.0 Å². The number of carboxylic acids is 1. The Balaban J connectivity index is 0.00000225. The topological polar surface area (TPSA) is 114 Å². The molecule has 1 saturated carbocycles. The normalized spacial score (nSPS) is 22.4. The maximum Gasteiger partial charge on any atom is 1.00 e. The molecule has 1 aliphatic carbocycles. The van der Waals surface area contributed by atoms with Crippen LogP contribution in [-0.2, 0) is 0 Å². The molecule has 0 aromatic carbocycles. The number of rotatable bonds is 4. The smallest absolute Gasteiger partial charge is 0.543 e. The molecular formula is C16H13Cl3LiN5O3. The number of H-pyrrole nitrogens is 1. The number of nitrogens with one attached hydrogen (secondary N) is 2. The fraction of sp³-hybridized carbons (Fsp3) is 0.375. The number of aromatic amines is 1. The Kier molecular flexibility index (Phi) is 5.90. The van der Waals surface area contributed by atoms with Crippen molar-refractivity contribution in [2.75, 3.05) is 18.0 Å². The molecule has 28 heavy (non-hydrogen) atoms. The first-order valence-corrected chi connectivity index (χ1v) is 9.25. The van der Waals surface area contributed by atoms with Gasteiger partial charge in [0.1, 0.15) is 11.5 Å². The number of aromatic nitrogens is 3. The van der Waals surface area contributed by atoms with Gasteiger partial charge in [0.2, 0.25) is 5.28 Å². The third-order valence-corrected chi connectivity index (χ3v) is 6.11. The van der Waals surface area contributed by atoms with Crippen LogP contribution in [0.15, 0.2) is 6.07 Å². The number of hydrogen-bond donors (Lipinski definition) is 2. The first kappa shape index (κ1) is 21.3. The van der Waals surface area contributed by atoms with E-state index in [1.54, 1.807) is 6.92 Å². The Morgan fingerprint density at radius 3 is 2.39 bits per heavy atom. The number of carboxylic acid groups (broad SMARTS) is 1. The monoisotopic (exact) mass is 435 g/mol. The van der Waals surface area contributed by atoms with Crippen molar-refractivity contribution >= 4 is 52.5 Å². The zero-order valence-corrected chi connectivity index (χ0v) is 17.2. The molecule has 8 nitrogen and oxygen atoms in total.